The number of aryl methyl sites for hydroxylation is 1. The van der Waals surface area contributed by atoms with Crippen molar-refractivity contribution in [3.63, 3.8) is 0 Å². The third-order valence-electron chi connectivity index (χ3n) is 18.5. The maximum atomic E-state index is 6.56. The number of hydrogen-bond acceptors (Lipinski definition) is 2. The SMILES string of the molecule is C=C(C)CCCC1CCC2(C)C1CCC1C3CCC(OCCN(C)c4ccc(C)cc4)CC3(C)CCC12.C=C1C=C2CCC3C(=C2CC1)CCC1C(C#CC)CCC31.CC.CC.CC. The molecule has 358 valence electrons. The largest absolute Gasteiger partial charge is 0.376 e. The second-order valence-electron chi connectivity index (χ2n) is 21.9. The Hall–Kier alpha value is -2.50. The molecule has 0 amide bonds. The maximum Gasteiger partial charge on any atom is 0.0645 e. The van der Waals surface area contributed by atoms with E-state index in [0.29, 0.717) is 22.9 Å². The summed E-state index contributed by atoms with van der Waals surface area (Å²) in [6.45, 7) is 33.9. The van der Waals surface area contributed by atoms with E-state index in [4.69, 9.17) is 4.74 Å². The van der Waals surface area contributed by atoms with Crippen molar-refractivity contribution in [2.45, 2.75) is 211 Å². The van der Waals surface area contributed by atoms with Crippen molar-refractivity contribution in [3.05, 3.63) is 76.9 Å². The van der Waals surface area contributed by atoms with E-state index in [9.17, 15) is 0 Å². The first kappa shape index (κ1) is 52.5. The van der Waals surface area contributed by atoms with E-state index in [-0.39, 0.29) is 0 Å². The molecule has 64 heavy (non-hydrogen) atoms. The van der Waals surface area contributed by atoms with Gasteiger partial charge in [0.2, 0.25) is 0 Å². The van der Waals surface area contributed by atoms with Gasteiger partial charge < -0.3 is 9.64 Å². The van der Waals surface area contributed by atoms with Crippen LogP contribution in [0, 0.1) is 82.9 Å². The molecule has 2 heteroatoms. The molecule has 12 atom stereocenters. The fourth-order valence-corrected chi connectivity index (χ4v) is 15.6. The number of likely N-dealkylation sites (N-methyl/N-ethyl adjacent to an activating group) is 1. The Morgan fingerprint density at radius 3 is 2.22 bits per heavy atom. The van der Waals surface area contributed by atoms with Gasteiger partial charge in [-0.2, -0.15) is 0 Å². The van der Waals surface area contributed by atoms with Crippen LogP contribution in [0.2, 0.25) is 0 Å². The number of fused-ring (bicyclic) bond motifs is 9. The Morgan fingerprint density at radius 1 is 0.781 bits per heavy atom. The maximum absolute atomic E-state index is 6.56. The van der Waals surface area contributed by atoms with Crippen molar-refractivity contribution in [1.82, 2.24) is 0 Å². The van der Waals surface area contributed by atoms with Gasteiger partial charge in [-0.1, -0.05) is 108 Å². The van der Waals surface area contributed by atoms with Gasteiger partial charge in [0.15, 0.2) is 0 Å². The Kier molecular flexibility index (Phi) is 20.1. The normalized spacial score (nSPS) is 35.2. The Morgan fingerprint density at radius 2 is 1.50 bits per heavy atom. The number of ether oxygens (including phenoxy) is 1. The van der Waals surface area contributed by atoms with Crippen molar-refractivity contribution in [2.75, 3.05) is 25.1 Å². The lowest BCUT2D eigenvalue weighted by molar-refractivity contribution is -0.132. The molecule has 0 N–H and O–H groups in total. The van der Waals surface area contributed by atoms with Gasteiger partial charge in [0.05, 0.1) is 12.7 Å². The first-order valence-corrected chi connectivity index (χ1v) is 27.5. The molecule has 0 aliphatic heterocycles. The highest BCUT2D eigenvalue weighted by Crippen LogP contribution is 2.68. The van der Waals surface area contributed by atoms with Crippen molar-refractivity contribution in [2.24, 2.45) is 64.1 Å². The Labute approximate surface area is 397 Å². The molecule has 0 spiro atoms. The number of benzene rings is 1. The van der Waals surface area contributed by atoms with Gasteiger partial charge in [-0.05, 0) is 231 Å². The van der Waals surface area contributed by atoms with Gasteiger partial charge in [0, 0.05) is 25.2 Å². The molecule has 0 radical (unpaired) electrons. The van der Waals surface area contributed by atoms with Crippen molar-refractivity contribution in [3.8, 4) is 11.8 Å². The smallest absolute Gasteiger partial charge is 0.0645 e. The summed E-state index contributed by atoms with van der Waals surface area (Å²) in [5, 5.41) is 0. The highest BCUT2D eigenvalue weighted by Gasteiger charge is 2.59. The van der Waals surface area contributed by atoms with Crippen LogP contribution < -0.4 is 4.90 Å². The number of anilines is 1. The van der Waals surface area contributed by atoms with Crippen molar-refractivity contribution in [1.29, 1.82) is 0 Å². The van der Waals surface area contributed by atoms with Gasteiger partial charge in [-0.25, -0.2) is 0 Å². The molecule has 1 aromatic carbocycles. The van der Waals surface area contributed by atoms with E-state index in [1.165, 1.54) is 151 Å². The van der Waals surface area contributed by atoms with Crippen LogP contribution in [-0.4, -0.2) is 26.3 Å². The summed E-state index contributed by atoms with van der Waals surface area (Å²) in [5.74, 6) is 15.0. The van der Waals surface area contributed by atoms with Gasteiger partial charge in [0.25, 0.3) is 0 Å². The van der Waals surface area contributed by atoms with Crippen LogP contribution >= 0.6 is 0 Å². The topological polar surface area (TPSA) is 12.5 Å². The second kappa shape index (κ2) is 24.5. The minimum Gasteiger partial charge on any atom is -0.376 e. The lowest BCUT2D eigenvalue weighted by Gasteiger charge is -2.61. The third-order valence-corrected chi connectivity index (χ3v) is 18.5. The molecule has 9 rings (SSSR count). The predicted molar refractivity (Wildman–Crippen MR) is 281 cm³/mol. The summed E-state index contributed by atoms with van der Waals surface area (Å²) < 4.78 is 6.56. The van der Waals surface area contributed by atoms with Crippen LogP contribution in [0.15, 0.2) is 71.4 Å². The summed E-state index contributed by atoms with van der Waals surface area (Å²) in [6, 6.07) is 8.86. The molecule has 8 aliphatic carbocycles. The lowest BCUT2D eigenvalue weighted by Crippen LogP contribution is -2.53. The highest BCUT2D eigenvalue weighted by atomic mass is 16.5. The molecule has 12 unspecified atom stereocenters. The van der Waals surface area contributed by atoms with Crippen molar-refractivity contribution < 1.29 is 4.74 Å². The first-order valence-electron chi connectivity index (χ1n) is 27.5. The van der Waals surface area contributed by atoms with Crippen LogP contribution in [0.4, 0.5) is 5.69 Å². The molecule has 0 saturated heterocycles. The summed E-state index contributed by atoms with van der Waals surface area (Å²) in [7, 11) is 2.19. The fourth-order valence-electron chi connectivity index (χ4n) is 15.6. The minimum atomic E-state index is 0.459. The van der Waals surface area contributed by atoms with E-state index >= 15 is 0 Å². The van der Waals surface area contributed by atoms with Gasteiger partial charge in [0.1, 0.15) is 0 Å². The van der Waals surface area contributed by atoms with Crippen LogP contribution in [0.5, 0.6) is 0 Å². The molecular weight excluding hydrogens is 775 g/mol. The standard InChI is InChI=1S/C35H55NO.C21H26.3C2H6/c1-25(2)8-7-9-27-18-21-35(5)31(27)17-15-30-32-16-14-29(24-34(32,4)20-19-33(30)35)37-23-22-36(6)28-12-10-26(3)11-13-28;1-3-4-15-6-9-19-17(15)11-12-20-18-8-5-14(2)13-16(18)7-10-21(19)20;3*1-2/h10-13,27,29-33H,1,7-9,14-24H2,2-6H3;13,15,17,19,21H,2,5-12H2,1H3;3*1-2H3. The first-order chi connectivity index (χ1) is 31.0. The number of nitrogens with zero attached hydrogens (tertiary/aromatic N) is 1. The zero-order valence-corrected chi connectivity index (χ0v) is 44.0. The van der Waals surface area contributed by atoms with Crippen LogP contribution in [0.25, 0.3) is 0 Å². The summed E-state index contributed by atoms with van der Waals surface area (Å²) >= 11 is 0. The molecule has 1 aromatic rings. The van der Waals surface area contributed by atoms with Crippen LogP contribution in [-0.2, 0) is 4.74 Å². The predicted octanol–water partition coefficient (Wildman–Crippen LogP) is 17.7. The second-order valence-corrected chi connectivity index (χ2v) is 21.9. The average Bonchev–Trinajstić information content (AvgIpc) is 3.88. The van der Waals surface area contributed by atoms with E-state index in [0.717, 1.165) is 60.5 Å². The Balaban J connectivity index is 0.000000241. The van der Waals surface area contributed by atoms with Crippen LogP contribution in [0.1, 0.15) is 203 Å². The number of allylic oxidation sites excluding steroid dienone is 6. The Bertz CT molecular complexity index is 1770. The molecule has 0 bridgehead atoms. The zero-order valence-electron chi connectivity index (χ0n) is 44.0. The van der Waals surface area contributed by atoms with E-state index < -0.39 is 0 Å². The van der Waals surface area contributed by atoms with Gasteiger partial charge in [-0.3, -0.25) is 0 Å². The molecule has 6 saturated carbocycles. The number of rotatable bonds is 9. The summed E-state index contributed by atoms with van der Waals surface area (Å²) in [4.78, 5) is 2.34. The molecule has 0 heterocycles. The average molecular weight is 874 g/mol. The zero-order chi connectivity index (χ0) is 46.6. The van der Waals surface area contributed by atoms with Gasteiger partial charge in [-0.15, -0.1) is 12.5 Å². The van der Waals surface area contributed by atoms with Gasteiger partial charge >= 0.3 is 0 Å². The molecule has 2 nitrogen and oxygen atoms in total. The molecule has 0 aromatic heterocycles. The number of hydrogen-bond donors (Lipinski definition) is 0. The monoisotopic (exact) mass is 874 g/mol. The molecular formula is C62H99NO. The summed E-state index contributed by atoms with van der Waals surface area (Å²) in [5.41, 5.74) is 11.7. The fraction of sp³-hybridized carbons (Fsp3) is 0.742. The minimum absolute atomic E-state index is 0.459. The van der Waals surface area contributed by atoms with E-state index in [1.54, 1.807) is 11.1 Å². The van der Waals surface area contributed by atoms with Crippen molar-refractivity contribution >= 4 is 5.69 Å². The highest BCUT2D eigenvalue weighted by molar-refractivity contribution is 5.48. The van der Waals surface area contributed by atoms with Crippen LogP contribution in [0.3, 0.4) is 0 Å². The third kappa shape index (κ3) is 11.8. The summed E-state index contributed by atoms with van der Waals surface area (Å²) in [6.07, 6.45) is 30.5. The molecule has 6 fully saturated rings. The quantitative estimate of drug-likeness (QED) is 0.181. The van der Waals surface area contributed by atoms with E-state index in [2.05, 4.69) is 95.0 Å². The van der Waals surface area contributed by atoms with E-state index in [1.807, 2.05) is 54.0 Å². The molecule has 8 aliphatic rings. The lowest BCUT2D eigenvalue weighted by atomic mass is 9.45.